The largest absolute Gasteiger partial charge is 0.465 e. The van der Waals surface area contributed by atoms with E-state index in [9.17, 15) is 4.79 Å². The molecule has 1 heterocycles. The Balaban J connectivity index is 2.40. The first-order chi connectivity index (χ1) is 9.02. The summed E-state index contributed by atoms with van der Waals surface area (Å²) >= 11 is 1.41. The van der Waals surface area contributed by atoms with Gasteiger partial charge in [-0.3, -0.25) is 0 Å². The molecule has 0 aliphatic heterocycles. The van der Waals surface area contributed by atoms with Crippen LogP contribution in [0.15, 0.2) is 28.5 Å². The van der Waals surface area contributed by atoms with E-state index >= 15 is 0 Å². The molecule has 0 fully saturated rings. The Morgan fingerprint density at radius 2 is 2.21 bits per heavy atom. The van der Waals surface area contributed by atoms with Crippen molar-refractivity contribution in [3.63, 3.8) is 0 Å². The molecule has 7 heteroatoms. The molecule has 2 aromatic rings. The maximum absolute atomic E-state index is 11.7. The minimum atomic E-state index is -0.444. The Morgan fingerprint density at radius 1 is 1.47 bits per heavy atom. The lowest BCUT2D eigenvalue weighted by Gasteiger charge is -2.09. The smallest absolute Gasteiger partial charge is 0.340 e. The van der Waals surface area contributed by atoms with Gasteiger partial charge in [-0.25, -0.2) is 4.79 Å². The second-order valence-corrected chi connectivity index (χ2v) is 5.06. The predicted molar refractivity (Wildman–Crippen MR) is 72.1 cm³/mol. The molecule has 100 valence electrons. The number of nitrogen functional groups attached to an aromatic ring is 1. The van der Waals surface area contributed by atoms with Gasteiger partial charge in [0.05, 0.1) is 12.7 Å². The van der Waals surface area contributed by atoms with Gasteiger partial charge in [0.25, 0.3) is 0 Å². The van der Waals surface area contributed by atoms with Crippen LogP contribution in [0.5, 0.6) is 0 Å². The molecule has 6 nitrogen and oxygen atoms in total. The number of benzene rings is 1. The van der Waals surface area contributed by atoms with Gasteiger partial charge >= 0.3 is 5.97 Å². The Hall–Kier alpha value is -2.02. The summed E-state index contributed by atoms with van der Waals surface area (Å²) < 4.78 is 6.52. The molecule has 0 unspecified atom stereocenters. The minimum Gasteiger partial charge on any atom is -0.465 e. The van der Waals surface area contributed by atoms with Crippen molar-refractivity contribution in [3.8, 4) is 0 Å². The Kier molecular flexibility index (Phi) is 3.75. The van der Waals surface area contributed by atoms with E-state index in [0.29, 0.717) is 11.3 Å². The molecule has 0 saturated heterocycles. The average Bonchev–Trinajstić information content (AvgIpc) is 2.78. The molecular weight excluding hydrogens is 264 g/mol. The topological polar surface area (TPSA) is 83.0 Å². The number of anilines is 1. The number of nitrogens with two attached hydrogens (primary N) is 1. The van der Waals surface area contributed by atoms with Gasteiger partial charge in [-0.15, -0.1) is 10.2 Å². The Labute approximate surface area is 115 Å². The van der Waals surface area contributed by atoms with E-state index in [1.807, 2.05) is 20.0 Å². The Morgan fingerprint density at radius 3 is 2.79 bits per heavy atom. The maximum Gasteiger partial charge on any atom is 0.340 e. The van der Waals surface area contributed by atoms with Crippen LogP contribution in [0.2, 0.25) is 0 Å². The second kappa shape index (κ2) is 5.31. The molecule has 1 aromatic heterocycles. The summed E-state index contributed by atoms with van der Waals surface area (Å²) in [7, 11) is 3.19. The standard InChI is InChI=1S/C12H14N4O2S/c1-7-4-8(19-12-15-14-6-16(12)2)5-9(10(7)13)11(17)18-3/h4-6H,13H2,1-3H3. The lowest BCUT2D eigenvalue weighted by atomic mass is 10.1. The molecule has 0 bridgehead atoms. The molecule has 1 aromatic carbocycles. The van der Waals surface area contributed by atoms with Crippen LogP contribution in [-0.2, 0) is 11.8 Å². The number of rotatable bonds is 3. The molecule has 0 aliphatic carbocycles. The maximum atomic E-state index is 11.7. The van der Waals surface area contributed by atoms with Gasteiger partial charge in [-0.05, 0) is 36.4 Å². The SMILES string of the molecule is COC(=O)c1cc(Sc2nncn2C)cc(C)c1N. The molecule has 0 spiro atoms. The Bertz CT molecular complexity index is 624. The van der Waals surface area contributed by atoms with Crippen LogP contribution >= 0.6 is 11.8 Å². The lowest BCUT2D eigenvalue weighted by Crippen LogP contribution is -2.07. The van der Waals surface area contributed by atoms with Crippen LogP contribution in [0.3, 0.4) is 0 Å². The number of hydrogen-bond donors (Lipinski definition) is 1. The van der Waals surface area contributed by atoms with Gasteiger partial charge in [0.2, 0.25) is 0 Å². The van der Waals surface area contributed by atoms with Crippen LogP contribution in [0, 0.1) is 6.92 Å². The summed E-state index contributed by atoms with van der Waals surface area (Å²) in [6.07, 6.45) is 1.62. The minimum absolute atomic E-state index is 0.368. The van der Waals surface area contributed by atoms with E-state index in [2.05, 4.69) is 10.2 Å². The molecule has 0 amide bonds. The summed E-state index contributed by atoms with van der Waals surface area (Å²) in [6.45, 7) is 1.85. The van der Waals surface area contributed by atoms with Gasteiger partial charge in [0.1, 0.15) is 6.33 Å². The number of carbonyl (C=O) groups is 1. The third-order valence-electron chi connectivity index (χ3n) is 2.64. The van der Waals surface area contributed by atoms with Crippen LogP contribution < -0.4 is 5.73 Å². The van der Waals surface area contributed by atoms with Crippen LogP contribution in [-0.4, -0.2) is 27.8 Å². The van der Waals surface area contributed by atoms with Crippen molar-refractivity contribution >= 4 is 23.4 Å². The van der Waals surface area contributed by atoms with Gasteiger partial charge in [-0.1, -0.05) is 0 Å². The van der Waals surface area contributed by atoms with Crippen LogP contribution in [0.4, 0.5) is 5.69 Å². The highest BCUT2D eigenvalue weighted by Crippen LogP contribution is 2.30. The second-order valence-electron chi connectivity index (χ2n) is 4.02. The summed E-state index contributed by atoms with van der Waals surface area (Å²) in [5.41, 5.74) is 7.52. The van der Waals surface area contributed by atoms with Crippen molar-refractivity contribution < 1.29 is 9.53 Å². The molecule has 2 N–H and O–H groups in total. The third kappa shape index (κ3) is 2.70. The number of methoxy groups -OCH3 is 1. The summed E-state index contributed by atoms with van der Waals surface area (Å²) in [5, 5.41) is 8.53. The molecule has 0 radical (unpaired) electrons. The third-order valence-corrected chi connectivity index (χ3v) is 3.67. The lowest BCUT2D eigenvalue weighted by molar-refractivity contribution is 0.0601. The van der Waals surface area contributed by atoms with Gasteiger partial charge in [0, 0.05) is 17.6 Å². The summed E-state index contributed by atoms with van der Waals surface area (Å²) in [4.78, 5) is 12.5. The van der Waals surface area contributed by atoms with Crippen molar-refractivity contribution in [2.75, 3.05) is 12.8 Å². The van der Waals surface area contributed by atoms with Crippen molar-refractivity contribution in [1.29, 1.82) is 0 Å². The van der Waals surface area contributed by atoms with Crippen molar-refractivity contribution in [3.05, 3.63) is 29.6 Å². The van der Waals surface area contributed by atoms with Crippen molar-refractivity contribution in [2.45, 2.75) is 17.0 Å². The highest BCUT2D eigenvalue weighted by Gasteiger charge is 2.15. The molecule has 0 aliphatic rings. The number of aryl methyl sites for hydroxylation is 2. The zero-order valence-electron chi connectivity index (χ0n) is 10.9. The average molecular weight is 278 g/mol. The normalized spacial score (nSPS) is 10.5. The monoisotopic (exact) mass is 278 g/mol. The van der Waals surface area contributed by atoms with E-state index in [1.165, 1.54) is 18.9 Å². The quantitative estimate of drug-likeness (QED) is 0.679. The highest BCUT2D eigenvalue weighted by atomic mass is 32.2. The zero-order valence-corrected chi connectivity index (χ0v) is 11.7. The number of nitrogens with zero attached hydrogens (tertiary/aromatic N) is 3. The van der Waals surface area contributed by atoms with Crippen molar-refractivity contribution in [1.82, 2.24) is 14.8 Å². The molecular formula is C12H14N4O2S. The van der Waals surface area contributed by atoms with Gasteiger partial charge < -0.3 is 15.0 Å². The first kappa shape index (κ1) is 13.4. The molecule has 0 atom stereocenters. The molecule has 19 heavy (non-hydrogen) atoms. The number of carbonyl (C=O) groups excluding carboxylic acids is 1. The van der Waals surface area contributed by atoms with E-state index in [1.54, 1.807) is 17.0 Å². The highest BCUT2D eigenvalue weighted by molar-refractivity contribution is 7.99. The number of hydrogen-bond acceptors (Lipinski definition) is 6. The predicted octanol–water partition coefficient (Wildman–Crippen LogP) is 1.64. The fourth-order valence-electron chi connectivity index (χ4n) is 1.57. The fourth-order valence-corrected chi connectivity index (χ4v) is 2.48. The molecule has 2 rings (SSSR count). The van der Waals surface area contributed by atoms with Crippen LogP contribution in [0.1, 0.15) is 15.9 Å². The first-order valence-electron chi connectivity index (χ1n) is 5.53. The number of aromatic nitrogens is 3. The van der Waals surface area contributed by atoms with Crippen molar-refractivity contribution in [2.24, 2.45) is 7.05 Å². The van der Waals surface area contributed by atoms with E-state index in [-0.39, 0.29) is 0 Å². The number of esters is 1. The zero-order chi connectivity index (χ0) is 14.0. The van der Waals surface area contributed by atoms with E-state index < -0.39 is 5.97 Å². The summed E-state index contributed by atoms with van der Waals surface area (Å²) in [5.74, 6) is -0.444. The van der Waals surface area contributed by atoms with E-state index in [4.69, 9.17) is 10.5 Å². The number of ether oxygens (including phenoxy) is 1. The summed E-state index contributed by atoms with van der Waals surface area (Å²) in [6, 6.07) is 3.61. The van der Waals surface area contributed by atoms with Gasteiger partial charge in [-0.2, -0.15) is 0 Å². The van der Waals surface area contributed by atoms with Crippen LogP contribution in [0.25, 0.3) is 0 Å². The molecule has 0 saturated carbocycles. The van der Waals surface area contributed by atoms with Gasteiger partial charge in [0.15, 0.2) is 5.16 Å². The van der Waals surface area contributed by atoms with E-state index in [0.717, 1.165) is 15.6 Å². The first-order valence-corrected chi connectivity index (χ1v) is 6.35. The fraction of sp³-hybridized carbons (Fsp3) is 0.250.